The van der Waals surface area contributed by atoms with Gasteiger partial charge in [-0.1, -0.05) is 0 Å². The molecule has 0 radical (unpaired) electrons. The summed E-state index contributed by atoms with van der Waals surface area (Å²) in [6.07, 6.45) is 4.58. The number of hydrogen-bond acceptors (Lipinski definition) is 5. The summed E-state index contributed by atoms with van der Waals surface area (Å²) in [6.45, 7) is 5.11. The molecule has 1 saturated heterocycles. The van der Waals surface area contributed by atoms with Crippen LogP contribution in [0, 0.1) is 5.92 Å². The van der Waals surface area contributed by atoms with Crippen LogP contribution in [-0.4, -0.2) is 62.9 Å². The van der Waals surface area contributed by atoms with Gasteiger partial charge in [-0.3, -0.25) is 0 Å². The maximum Gasteiger partial charge on any atom is 0.128 e. The molecule has 2 fully saturated rings. The summed E-state index contributed by atoms with van der Waals surface area (Å²) in [5, 5.41) is 3.56. The Morgan fingerprint density at radius 2 is 2.05 bits per heavy atom. The molecule has 0 bridgehead atoms. The third-order valence-electron chi connectivity index (χ3n) is 4.46. The molecule has 1 saturated carbocycles. The van der Waals surface area contributed by atoms with E-state index in [4.69, 9.17) is 4.74 Å². The summed E-state index contributed by atoms with van der Waals surface area (Å²) in [6, 6.07) is 4.70. The van der Waals surface area contributed by atoms with E-state index in [1.807, 2.05) is 6.20 Å². The van der Waals surface area contributed by atoms with Crippen molar-refractivity contribution in [3.63, 3.8) is 0 Å². The summed E-state index contributed by atoms with van der Waals surface area (Å²) in [7, 11) is 3.94. The van der Waals surface area contributed by atoms with Gasteiger partial charge in [-0.25, -0.2) is 4.98 Å². The van der Waals surface area contributed by atoms with Crippen LogP contribution < -0.4 is 10.2 Å². The Morgan fingerprint density at radius 3 is 2.62 bits per heavy atom. The number of anilines is 2. The predicted molar refractivity (Wildman–Crippen MR) is 86.0 cm³/mol. The first kappa shape index (κ1) is 14.6. The number of nitrogens with zero attached hydrogens (tertiary/aromatic N) is 3. The van der Waals surface area contributed by atoms with Crippen LogP contribution in [0.5, 0.6) is 0 Å². The molecule has 116 valence electrons. The second-order valence-electron chi connectivity index (χ2n) is 6.24. The van der Waals surface area contributed by atoms with Gasteiger partial charge in [-0.2, -0.15) is 0 Å². The van der Waals surface area contributed by atoms with Gasteiger partial charge in [0.05, 0.1) is 24.5 Å². The number of pyridine rings is 1. The Labute approximate surface area is 127 Å². The van der Waals surface area contributed by atoms with Crippen molar-refractivity contribution in [2.45, 2.75) is 18.9 Å². The van der Waals surface area contributed by atoms with Crippen molar-refractivity contribution < 1.29 is 4.74 Å². The van der Waals surface area contributed by atoms with Gasteiger partial charge in [0.2, 0.25) is 0 Å². The molecule has 1 aromatic heterocycles. The topological polar surface area (TPSA) is 40.6 Å². The van der Waals surface area contributed by atoms with Crippen LogP contribution >= 0.6 is 0 Å². The van der Waals surface area contributed by atoms with Crippen molar-refractivity contribution >= 4 is 11.5 Å². The summed E-state index contributed by atoms with van der Waals surface area (Å²) in [5.41, 5.74) is 1.10. The van der Waals surface area contributed by atoms with Crippen LogP contribution in [0.4, 0.5) is 11.5 Å². The highest BCUT2D eigenvalue weighted by molar-refractivity contribution is 5.49. The Bertz CT molecular complexity index is 438. The minimum absolute atomic E-state index is 0.422. The third-order valence-corrected chi connectivity index (χ3v) is 4.46. The molecule has 0 aromatic carbocycles. The average molecular weight is 290 g/mol. The Hall–Kier alpha value is -1.33. The van der Waals surface area contributed by atoms with E-state index in [0.29, 0.717) is 6.04 Å². The molecule has 21 heavy (non-hydrogen) atoms. The van der Waals surface area contributed by atoms with Crippen LogP contribution in [0.25, 0.3) is 0 Å². The van der Waals surface area contributed by atoms with E-state index >= 15 is 0 Å². The van der Waals surface area contributed by atoms with E-state index in [-0.39, 0.29) is 0 Å². The van der Waals surface area contributed by atoms with Crippen molar-refractivity contribution in [1.29, 1.82) is 0 Å². The lowest BCUT2D eigenvalue weighted by atomic mass is 10.2. The van der Waals surface area contributed by atoms with Crippen LogP contribution in [0.1, 0.15) is 12.8 Å². The van der Waals surface area contributed by atoms with Crippen molar-refractivity contribution in [2.24, 2.45) is 5.92 Å². The van der Waals surface area contributed by atoms with Gasteiger partial charge in [0.1, 0.15) is 5.82 Å². The maximum absolute atomic E-state index is 5.31. The van der Waals surface area contributed by atoms with Crippen LogP contribution in [0.2, 0.25) is 0 Å². The first-order valence-corrected chi connectivity index (χ1v) is 7.91. The summed E-state index contributed by atoms with van der Waals surface area (Å²) < 4.78 is 5.31. The van der Waals surface area contributed by atoms with E-state index < -0.39 is 0 Å². The molecule has 1 aliphatic heterocycles. The zero-order valence-electron chi connectivity index (χ0n) is 13.1. The molecule has 5 nitrogen and oxygen atoms in total. The van der Waals surface area contributed by atoms with Gasteiger partial charge >= 0.3 is 0 Å². The molecule has 2 aliphatic rings. The maximum atomic E-state index is 5.31. The van der Waals surface area contributed by atoms with Gasteiger partial charge in [-0.15, -0.1) is 0 Å². The fraction of sp³-hybridized carbons (Fsp3) is 0.688. The molecule has 2 heterocycles. The predicted octanol–water partition coefficient (Wildman–Crippen LogP) is 1.67. The third kappa shape index (κ3) is 3.86. The summed E-state index contributed by atoms with van der Waals surface area (Å²) in [4.78, 5) is 9.34. The van der Waals surface area contributed by atoms with E-state index in [1.54, 1.807) is 7.11 Å². The second kappa shape index (κ2) is 6.62. The van der Waals surface area contributed by atoms with Gasteiger partial charge < -0.3 is 19.9 Å². The molecule has 3 rings (SSSR count). The quantitative estimate of drug-likeness (QED) is 0.863. The van der Waals surface area contributed by atoms with Gasteiger partial charge in [0.15, 0.2) is 0 Å². The SMILES string of the molecule is COC[C@@H](Nc1ccc(N2CCN(C)CC2)nc1)C1CC1. The molecule has 1 atom stereocenters. The highest BCUT2D eigenvalue weighted by atomic mass is 16.5. The minimum Gasteiger partial charge on any atom is -0.383 e. The molecule has 1 aromatic rings. The van der Waals surface area contributed by atoms with E-state index in [2.05, 4.69) is 39.3 Å². The number of ether oxygens (including phenoxy) is 1. The summed E-state index contributed by atoms with van der Waals surface area (Å²) in [5.74, 6) is 1.85. The van der Waals surface area contributed by atoms with Gasteiger partial charge in [0, 0.05) is 33.3 Å². The molecule has 0 spiro atoms. The van der Waals surface area contributed by atoms with Crippen molar-refractivity contribution in [2.75, 3.05) is 57.2 Å². The highest BCUT2D eigenvalue weighted by Gasteiger charge is 2.31. The van der Waals surface area contributed by atoms with Crippen molar-refractivity contribution in [3.8, 4) is 0 Å². The number of nitrogens with one attached hydrogen (secondary N) is 1. The first-order valence-electron chi connectivity index (χ1n) is 7.91. The van der Waals surface area contributed by atoms with Crippen LogP contribution in [0.3, 0.4) is 0 Å². The smallest absolute Gasteiger partial charge is 0.128 e. The standard InChI is InChI=1S/C16H26N4O/c1-19-7-9-20(10-8-19)16-6-5-14(11-17-16)18-15(12-21-2)13-3-4-13/h5-6,11,13,15,18H,3-4,7-10,12H2,1-2H3/t15-/m1/s1. The lowest BCUT2D eigenvalue weighted by Gasteiger charge is -2.33. The molecule has 0 amide bonds. The van der Waals surface area contributed by atoms with E-state index in [9.17, 15) is 0 Å². The normalized spacial score (nSPS) is 21.3. The zero-order chi connectivity index (χ0) is 14.7. The van der Waals surface area contributed by atoms with E-state index in [1.165, 1.54) is 12.8 Å². The molecular weight excluding hydrogens is 264 g/mol. The lowest BCUT2D eigenvalue weighted by Crippen LogP contribution is -2.44. The second-order valence-corrected chi connectivity index (χ2v) is 6.24. The van der Waals surface area contributed by atoms with Gasteiger partial charge in [0.25, 0.3) is 0 Å². The number of piperazine rings is 1. The number of hydrogen-bond donors (Lipinski definition) is 1. The zero-order valence-corrected chi connectivity index (χ0v) is 13.1. The summed E-state index contributed by atoms with van der Waals surface area (Å²) >= 11 is 0. The Morgan fingerprint density at radius 1 is 1.29 bits per heavy atom. The molecule has 0 unspecified atom stereocenters. The van der Waals surface area contributed by atoms with Gasteiger partial charge in [-0.05, 0) is 37.9 Å². The monoisotopic (exact) mass is 290 g/mol. The number of aromatic nitrogens is 1. The fourth-order valence-corrected chi connectivity index (χ4v) is 2.88. The van der Waals surface area contributed by atoms with E-state index in [0.717, 1.165) is 50.2 Å². The van der Waals surface area contributed by atoms with Crippen LogP contribution in [0.15, 0.2) is 18.3 Å². The molecule has 5 heteroatoms. The first-order chi connectivity index (χ1) is 10.3. The van der Waals surface area contributed by atoms with Crippen molar-refractivity contribution in [1.82, 2.24) is 9.88 Å². The molecule has 1 N–H and O–H groups in total. The van der Waals surface area contributed by atoms with Crippen LogP contribution in [-0.2, 0) is 4.74 Å². The Balaban J connectivity index is 1.58. The highest BCUT2D eigenvalue weighted by Crippen LogP contribution is 2.34. The number of likely N-dealkylation sites (N-methyl/N-ethyl adjacent to an activating group) is 1. The molecular formula is C16H26N4O. The lowest BCUT2D eigenvalue weighted by molar-refractivity contribution is 0.179. The van der Waals surface area contributed by atoms with Crippen molar-refractivity contribution in [3.05, 3.63) is 18.3 Å². The number of methoxy groups -OCH3 is 1. The average Bonchev–Trinajstić information content (AvgIpc) is 3.33. The largest absolute Gasteiger partial charge is 0.383 e. The Kier molecular flexibility index (Phi) is 4.60. The minimum atomic E-state index is 0.422. The number of rotatable bonds is 6. The fourth-order valence-electron chi connectivity index (χ4n) is 2.88. The molecule has 1 aliphatic carbocycles.